The van der Waals surface area contributed by atoms with Crippen LogP contribution in [-0.2, 0) is 14.3 Å². The predicted molar refractivity (Wildman–Crippen MR) is 102 cm³/mol. The Bertz CT molecular complexity index is 645. The molecule has 3 aliphatic rings. The lowest BCUT2D eigenvalue weighted by molar-refractivity contribution is -0.207. The van der Waals surface area contributed by atoms with E-state index in [1.54, 1.807) is 6.08 Å². The summed E-state index contributed by atoms with van der Waals surface area (Å²) < 4.78 is 5.77. The van der Waals surface area contributed by atoms with E-state index in [4.69, 9.17) is 4.74 Å². The number of ether oxygens (including phenoxy) is 1. The Morgan fingerprint density at radius 2 is 2.00 bits per heavy atom. The van der Waals surface area contributed by atoms with Crippen molar-refractivity contribution in [2.24, 2.45) is 34.0 Å². The van der Waals surface area contributed by atoms with Crippen LogP contribution in [0.2, 0.25) is 0 Å². The number of ketones is 1. The first-order chi connectivity index (χ1) is 12.6. The number of carbonyl (C=O) groups is 2. The molecule has 27 heavy (non-hydrogen) atoms. The number of esters is 1. The summed E-state index contributed by atoms with van der Waals surface area (Å²) in [6.45, 7) is 11.5. The Morgan fingerprint density at radius 3 is 2.59 bits per heavy atom. The van der Waals surface area contributed by atoms with Crippen LogP contribution in [0.3, 0.4) is 0 Å². The zero-order valence-electron chi connectivity index (χ0n) is 17.0. The summed E-state index contributed by atoms with van der Waals surface area (Å²) in [5, 5.41) is 20.6. The Hall–Kier alpha value is -1.20. The van der Waals surface area contributed by atoms with E-state index in [1.807, 2.05) is 6.92 Å². The molecule has 2 N–H and O–H groups in total. The molecule has 8 atom stereocenters. The summed E-state index contributed by atoms with van der Waals surface area (Å²) in [7, 11) is 0. The van der Waals surface area contributed by atoms with Crippen molar-refractivity contribution < 1.29 is 24.5 Å². The van der Waals surface area contributed by atoms with Gasteiger partial charge < -0.3 is 14.9 Å². The topological polar surface area (TPSA) is 83.8 Å². The molecule has 0 aliphatic heterocycles. The molecule has 0 heterocycles. The standard InChI is InChI=1S/C22H34O5/c1-6-20(4)11-16(27-17(25)12-23)21(5)13(2)7-9-22(14(3)19(20)26)10-8-15(24)18(21)22/h6,13-14,16,18-19,23,26H,1,7-12H2,2-5H3/t13-,14-,16+,18+,19-,20-,21-,22-/m1/s1. The van der Waals surface area contributed by atoms with Crippen LogP contribution in [0.1, 0.15) is 59.8 Å². The fourth-order valence-electron chi connectivity index (χ4n) is 6.70. The van der Waals surface area contributed by atoms with Gasteiger partial charge in [-0.05, 0) is 42.9 Å². The van der Waals surface area contributed by atoms with Gasteiger partial charge in [0.15, 0.2) is 0 Å². The van der Waals surface area contributed by atoms with E-state index < -0.39 is 35.6 Å². The average molecular weight is 379 g/mol. The van der Waals surface area contributed by atoms with Crippen molar-refractivity contribution in [3.8, 4) is 0 Å². The molecular weight excluding hydrogens is 344 g/mol. The second kappa shape index (κ2) is 6.70. The quantitative estimate of drug-likeness (QED) is 0.583. The van der Waals surface area contributed by atoms with Gasteiger partial charge in [0.05, 0.1) is 6.10 Å². The van der Waals surface area contributed by atoms with Gasteiger partial charge in [-0.2, -0.15) is 0 Å². The van der Waals surface area contributed by atoms with E-state index in [2.05, 4.69) is 27.4 Å². The van der Waals surface area contributed by atoms with Gasteiger partial charge >= 0.3 is 5.97 Å². The number of rotatable bonds is 3. The van der Waals surface area contributed by atoms with E-state index in [0.29, 0.717) is 12.8 Å². The molecule has 5 heteroatoms. The van der Waals surface area contributed by atoms with Crippen LogP contribution in [-0.4, -0.2) is 40.8 Å². The molecule has 0 aromatic carbocycles. The van der Waals surface area contributed by atoms with Crippen LogP contribution in [0.25, 0.3) is 0 Å². The lowest BCUT2D eigenvalue weighted by atomic mass is 9.44. The molecule has 3 saturated carbocycles. The smallest absolute Gasteiger partial charge is 0.332 e. The van der Waals surface area contributed by atoms with Gasteiger partial charge in [-0.25, -0.2) is 4.79 Å². The van der Waals surface area contributed by atoms with Crippen LogP contribution in [0.15, 0.2) is 12.7 Å². The van der Waals surface area contributed by atoms with E-state index in [0.717, 1.165) is 19.3 Å². The van der Waals surface area contributed by atoms with Crippen LogP contribution in [0, 0.1) is 34.0 Å². The normalized spacial score (nSPS) is 49.7. The lowest BCUT2D eigenvalue weighted by Crippen LogP contribution is -2.63. The summed E-state index contributed by atoms with van der Waals surface area (Å²) in [4.78, 5) is 25.2. The first-order valence-electron chi connectivity index (χ1n) is 10.2. The SMILES string of the molecule is C=C[C@]1(C)C[C@H](OC(=O)CO)[C@@]2(C)[C@H](C)CC[C@@]3(CCC(=O)[C@H]32)[C@H](C)[C@H]1O. The summed E-state index contributed by atoms with van der Waals surface area (Å²) in [5.74, 6) is -0.520. The molecule has 3 aliphatic carbocycles. The van der Waals surface area contributed by atoms with Gasteiger partial charge in [0, 0.05) is 23.2 Å². The zero-order chi connectivity index (χ0) is 20.2. The number of Topliss-reactive ketones (excluding diaryl/α,β-unsaturated/α-hetero) is 1. The third-order valence-electron chi connectivity index (χ3n) is 8.70. The minimum atomic E-state index is -0.686. The first-order valence-corrected chi connectivity index (χ1v) is 10.2. The number of hydrogen-bond acceptors (Lipinski definition) is 5. The van der Waals surface area contributed by atoms with E-state index in [9.17, 15) is 19.8 Å². The number of aliphatic hydroxyl groups excluding tert-OH is 2. The molecular formula is C22H34O5. The van der Waals surface area contributed by atoms with Crippen molar-refractivity contribution in [1.29, 1.82) is 0 Å². The maximum absolute atomic E-state index is 13.1. The molecule has 0 radical (unpaired) electrons. The lowest BCUT2D eigenvalue weighted by Gasteiger charge is -2.61. The van der Waals surface area contributed by atoms with Crippen LogP contribution in [0.5, 0.6) is 0 Å². The zero-order valence-corrected chi connectivity index (χ0v) is 17.0. The minimum absolute atomic E-state index is 0.0433. The second-order valence-corrected chi connectivity index (χ2v) is 9.72. The van der Waals surface area contributed by atoms with Gasteiger partial charge in [0.1, 0.15) is 18.5 Å². The predicted octanol–water partition coefficient (Wildman–Crippen LogP) is 2.89. The van der Waals surface area contributed by atoms with Crippen LogP contribution >= 0.6 is 0 Å². The second-order valence-electron chi connectivity index (χ2n) is 9.72. The number of hydrogen-bond donors (Lipinski definition) is 2. The Kier molecular flexibility index (Phi) is 5.09. The van der Waals surface area contributed by atoms with Crippen molar-refractivity contribution in [2.45, 2.75) is 72.0 Å². The summed E-state index contributed by atoms with van der Waals surface area (Å²) in [5.41, 5.74) is -1.43. The first kappa shape index (κ1) is 20.5. The highest BCUT2D eigenvalue weighted by atomic mass is 16.6. The van der Waals surface area contributed by atoms with E-state index >= 15 is 0 Å². The molecule has 0 spiro atoms. The fourth-order valence-corrected chi connectivity index (χ4v) is 6.70. The maximum atomic E-state index is 13.1. The van der Waals surface area contributed by atoms with Gasteiger partial charge in [-0.15, -0.1) is 6.58 Å². The van der Waals surface area contributed by atoms with Crippen molar-refractivity contribution in [1.82, 2.24) is 0 Å². The summed E-state index contributed by atoms with van der Waals surface area (Å²) in [6, 6.07) is 0. The number of aliphatic hydroxyl groups is 2. The molecule has 2 bridgehead atoms. The third-order valence-corrected chi connectivity index (χ3v) is 8.70. The van der Waals surface area contributed by atoms with Gasteiger partial charge in [0.25, 0.3) is 0 Å². The molecule has 0 unspecified atom stereocenters. The minimum Gasteiger partial charge on any atom is -0.460 e. The average Bonchev–Trinajstić information content (AvgIpc) is 3.00. The molecule has 3 rings (SSSR count). The third kappa shape index (κ3) is 2.72. The van der Waals surface area contributed by atoms with Gasteiger partial charge in [0.2, 0.25) is 0 Å². The summed E-state index contributed by atoms with van der Waals surface area (Å²) >= 11 is 0. The molecule has 0 aromatic heterocycles. The highest BCUT2D eigenvalue weighted by Crippen LogP contribution is 2.67. The molecule has 3 fully saturated rings. The maximum Gasteiger partial charge on any atom is 0.332 e. The van der Waals surface area contributed by atoms with Crippen LogP contribution < -0.4 is 0 Å². The highest BCUT2D eigenvalue weighted by Gasteiger charge is 2.68. The van der Waals surface area contributed by atoms with E-state index in [-0.39, 0.29) is 29.0 Å². The number of carbonyl (C=O) groups excluding carboxylic acids is 2. The fraction of sp³-hybridized carbons (Fsp3) is 0.818. The van der Waals surface area contributed by atoms with Crippen molar-refractivity contribution in [3.05, 3.63) is 12.7 Å². The molecule has 0 amide bonds. The van der Waals surface area contributed by atoms with Gasteiger partial charge in [-0.3, -0.25) is 4.79 Å². The Labute approximate surface area is 162 Å². The monoisotopic (exact) mass is 378 g/mol. The molecule has 152 valence electrons. The van der Waals surface area contributed by atoms with E-state index in [1.165, 1.54) is 0 Å². The molecule has 0 saturated heterocycles. The highest BCUT2D eigenvalue weighted by molar-refractivity contribution is 5.85. The van der Waals surface area contributed by atoms with Crippen molar-refractivity contribution in [2.75, 3.05) is 6.61 Å². The Balaban J connectivity index is 2.21. The van der Waals surface area contributed by atoms with Crippen molar-refractivity contribution in [3.63, 3.8) is 0 Å². The molecule has 0 aromatic rings. The largest absolute Gasteiger partial charge is 0.460 e. The summed E-state index contributed by atoms with van der Waals surface area (Å²) in [6.07, 6.45) is 4.10. The Morgan fingerprint density at radius 1 is 1.33 bits per heavy atom. The van der Waals surface area contributed by atoms with Crippen molar-refractivity contribution >= 4 is 11.8 Å². The van der Waals surface area contributed by atoms with Crippen LogP contribution in [0.4, 0.5) is 0 Å². The van der Waals surface area contributed by atoms with Gasteiger partial charge in [-0.1, -0.05) is 33.8 Å². The molecule has 5 nitrogen and oxygen atoms in total.